The Morgan fingerprint density at radius 1 is 0.658 bits per heavy atom. The molecule has 0 bridgehead atoms. The van der Waals surface area contributed by atoms with E-state index in [0.29, 0.717) is 6.42 Å². The molecule has 2 aromatic carbocycles. The number of para-hydroxylation sites is 1. The monoisotopic (exact) mass is 519 g/mol. The Hall–Kier alpha value is -3.21. The van der Waals surface area contributed by atoms with Gasteiger partial charge < -0.3 is 10.2 Å². The Kier molecular flexibility index (Phi) is 14.8. The Labute approximate surface area is 228 Å². The Bertz CT molecular complexity index is 1060. The van der Waals surface area contributed by atoms with E-state index in [2.05, 4.69) is 31.0 Å². The minimum absolute atomic E-state index is 0.00420. The van der Waals surface area contributed by atoms with E-state index in [9.17, 15) is 19.8 Å². The number of aromatic nitrogens is 1. The van der Waals surface area contributed by atoms with Crippen molar-refractivity contribution in [1.29, 1.82) is 0 Å². The number of hydrogen-bond donors (Lipinski definition) is 2. The van der Waals surface area contributed by atoms with Crippen LogP contribution in [0.5, 0.6) is 0 Å². The number of nitrogens with zero attached hydrogens (tertiary/aromatic N) is 1. The quantitative estimate of drug-likeness (QED) is 0.184. The summed E-state index contributed by atoms with van der Waals surface area (Å²) in [6, 6.07) is 15.4. The molecule has 206 valence electrons. The van der Waals surface area contributed by atoms with Crippen LogP contribution in [0.4, 0.5) is 0 Å². The Balaban J connectivity index is 0.000000415. The summed E-state index contributed by atoms with van der Waals surface area (Å²) >= 11 is 0. The Morgan fingerprint density at radius 2 is 1.24 bits per heavy atom. The average molecular weight is 520 g/mol. The highest BCUT2D eigenvalue weighted by molar-refractivity contribution is 6.03. The van der Waals surface area contributed by atoms with Gasteiger partial charge in [0.05, 0.1) is 16.6 Å². The van der Waals surface area contributed by atoms with E-state index < -0.39 is 11.9 Å². The number of carboxylic acid groups (broad SMARTS) is 2. The van der Waals surface area contributed by atoms with E-state index in [-0.39, 0.29) is 11.1 Å². The van der Waals surface area contributed by atoms with E-state index in [0.717, 1.165) is 55.2 Å². The van der Waals surface area contributed by atoms with Gasteiger partial charge in [-0.05, 0) is 55.0 Å². The van der Waals surface area contributed by atoms with Crippen molar-refractivity contribution in [3.8, 4) is 0 Å². The molecule has 0 saturated carbocycles. The first kappa shape index (κ1) is 31.0. The van der Waals surface area contributed by atoms with Crippen LogP contribution in [0.2, 0.25) is 0 Å². The lowest BCUT2D eigenvalue weighted by Gasteiger charge is -2.15. The lowest BCUT2D eigenvalue weighted by molar-refractivity contribution is 0.0650. The van der Waals surface area contributed by atoms with Crippen LogP contribution in [0.15, 0.2) is 54.7 Å². The molecule has 0 unspecified atom stereocenters. The smallest absolute Gasteiger partial charge is 0.336 e. The fourth-order valence-electron chi connectivity index (χ4n) is 4.83. The van der Waals surface area contributed by atoms with Crippen LogP contribution < -0.4 is 0 Å². The van der Waals surface area contributed by atoms with Crippen molar-refractivity contribution in [3.63, 3.8) is 0 Å². The summed E-state index contributed by atoms with van der Waals surface area (Å²) < 4.78 is 0. The molecular weight excluding hydrogens is 474 g/mol. The first-order chi connectivity index (χ1) is 18.5. The van der Waals surface area contributed by atoms with Crippen LogP contribution in [0.3, 0.4) is 0 Å². The topological polar surface area (TPSA) is 87.5 Å². The summed E-state index contributed by atoms with van der Waals surface area (Å²) in [5.74, 6) is -2.28. The molecule has 1 aromatic heterocycles. The summed E-state index contributed by atoms with van der Waals surface area (Å²) in [7, 11) is 0. The van der Waals surface area contributed by atoms with Crippen molar-refractivity contribution in [1.82, 2.24) is 4.98 Å². The number of unbranched alkanes of at least 4 members (excludes halogenated alkanes) is 10. The molecule has 0 radical (unpaired) electrons. The van der Waals surface area contributed by atoms with Gasteiger partial charge in [0.1, 0.15) is 0 Å². The zero-order valence-corrected chi connectivity index (χ0v) is 23.3. The number of rotatable bonds is 16. The minimum Gasteiger partial charge on any atom is -0.478 e. The van der Waals surface area contributed by atoms with Crippen LogP contribution in [0.25, 0.3) is 10.9 Å². The first-order valence-electron chi connectivity index (χ1n) is 14.4. The third-order valence-electron chi connectivity index (χ3n) is 6.95. The fourth-order valence-corrected chi connectivity index (χ4v) is 4.83. The van der Waals surface area contributed by atoms with Crippen molar-refractivity contribution >= 4 is 22.8 Å². The van der Waals surface area contributed by atoms with Gasteiger partial charge in [0.2, 0.25) is 0 Å². The molecule has 0 spiro atoms. The molecule has 0 aliphatic carbocycles. The summed E-state index contributed by atoms with van der Waals surface area (Å²) in [5, 5.41) is 20.3. The van der Waals surface area contributed by atoms with E-state index >= 15 is 0 Å². The number of pyridine rings is 1. The molecule has 5 nitrogen and oxygen atoms in total. The standard InChI is InChI=1S/C24H38O4.C9H7N/c1-3-5-7-9-11-13-15-19-17-18-21(23(25)26)22(24(27)28)20(19)16-14-12-10-8-6-4-2;1-2-6-9-8(4-1)5-3-7-10-9/h17-18H,3-16H2,1-2H3,(H,25,26)(H,27,28);1-7H. The molecule has 0 aliphatic rings. The zero-order chi connectivity index (χ0) is 27.6. The number of hydrogen-bond acceptors (Lipinski definition) is 3. The lowest BCUT2D eigenvalue weighted by Crippen LogP contribution is -2.14. The molecule has 2 N–H and O–H groups in total. The maximum Gasteiger partial charge on any atom is 0.336 e. The number of carbonyl (C=O) groups is 2. The largest absolute Gasteiger partial charge is 0.478 e. The van der Waals surface area contributed by atoms with Crippen molar-refractivity contribution in [2.24, 2.45) is 0 Å². The molecule has 0 atom stereocenters. The normalized spacial score (nSPS) is 10.7. The highest BCUT2D eigenvalue weighted by atomic mass is 16.4. The highest BCUT2D eigenvalue weighted by Crippen LogP contribution is 2.25. The second kappa shape index (κ2) is 18.1. The maximum atomic E-state index is 11.9. The predicted molar refractivity (Wildman–Crippen MR) is 156 cm³/mol. The van der Waals surface area contributed by atoms with Crippen LogP contribution in [-0.4, -0.2) is 27.1 Å². The maximum absolute atomic E-state index is 11.9. The lowest BCUT2D eigenvalue weighted by atomic mass is 9.89. The number of benzene rings is 2. The van der Waals surface area contributed by atoms with Crippen molar-refractivity contribution in [3.05, 3.63) is 77.0 Å². The second-order valence-electron chi connectivity index (χ2n) is 9.97. The number of aryl methyl sites for hydroxylation is 1. The molecular formula is C33H45NO4. The van der Waals surface area contributed by atoms with Crippen molar-refractivity contribution in [2.75, 3.05) is 0 Å². The summed E-state index contributed by atoms with van der Waals surface area (Å²) in [5.41, 5.74) is 2.75. The molecule has 0 aliphatic heterocycles. The molecule has 5 heteroatoms. The van der Waals surface area contributed by atoms with E-state index in [4.69, 9.17) is 0 Å². The van der Waals surface area contributed by atoms with Crippen LogP contribution in [-0.2, 0) is 12.8 Å². The van der Waals surface area contributed by atoms with Gasteiger partial charge in [-0.1, -0.05) is 108 Å². The number of fused-ring (bicyclic) bond motifs is 1. The van der Waals surface area contributed by atoms with Crippen LogP contribution in [0.1, 0.15) is 123 Å². The number of aromatic carboxylic acids is 2. The van der Waals surface area contributed by atoms with E-state index in [1.54, 1.807) is 0 Å². The van der Waals surface area contributed by atoms with Gasteiger partial charge in [-0.15, -0.1) is 0 Å². The Morgan fingerprint density at radius 3 is 1.84 bits per heavy atom. The van der Waals surface area contributed by atoms with Crippen LogP contribution >= 0.6 is 0 Å². The van der Waals surface area contributed by atoms with Gasteiger partial charge in [0, 0.05) is 11.6 Å². The van der Waals surface area contributed by atoms with Gasteiger partial charge >= 0.3 is 11.9 Å². The van der Waals surface area contributed by atoms with Crippen molar-refractivity contribution in [2.45, 2.75) is 104 Å². The zero-order valence-electron chi connectivity index (χ0n) is 23.3. The third-order valence-corrected chi connectivity index (χ3v) is 6.95. The summed E-state index contributed by atoms with van der Waals surface area (Å²) in [4.78, 5) is 27.6. The summed E-state index contributed by atoms with van der Waals surface area (Å²) in [6.07, 6.45) is 17.2. The number of carboxylic acids is 2. The molecule has 0 saturated heterocycles. The van der Waals surface area contributed by atoms with Gasteiger partial charge in [-0.25, -0.2) is 9.59 Å². The van der Waals surface area contributed by atoms with E-state index in [1.165, 1.54) is 56.4 Å². The minimum atomic E-state index is -1.16. The van der Waals surface area contributed by atoms with Gasteiger partial charge in [-0.3, -0.25) is 4.98 Å². The predicted octanol–water partition coefficient (Wildman–Crippen LogP) is 9.12. The van der Waals surface area contributed by atoms with E-state index in [1.807, 2.05) is 36.5 Å². The third kappa shape index (κ3) is 10.6. The van der Waals surface area contributed by atoms with Crippen molar-refractivity contribution < 1.29 is 19.8 Å². The molecule has 38 heavy (non-hydrogen) atoms. The molecule has 1 heterocycles. The average Bonchev–Trinajstić information content (AvgIpc) is 2.92. The first-order valence-corrected chi connectivity index (χ1v) is 14.4. The molecule has 3 rings (SSSR count). The SMILES string of the molecule is CCCCCCCCc1ccc(C(=O)O)c(C(=O)O)c1CCCCCCCC.c1ccc2ncccc2c1. The highest BCUT2D eigenvalue weighted by Gasteiger charge is 2.22. The molecule has 0 amide bonds. The van der Waals surface area contributed by atoms with Gasteiger partial charge in [0.15, 0.2) is 0 Å². The van der Waals surface area contributed by atoms with Crippen LogP contribution in [0, 0.1) is 0 Å². The van der Waals surface area contributed by atoms with Gasteiger partial charge in [0.25, 0.3) is 0 Å². The molecule has 0 fully saturated rings. The second-order valence-corrected chi connectivity index (χ2v) is 9.97. The fraction of sp³-hybridized carbons (Fsp3) is 0.485. The summed E-state index contributed by atoms with van der Waals surface area (Å²) in [6.45, 7) is 4.39. The van der Waals surface area contributed by atoms with Gasteiger partial charge in [-0.2, -0.15) is 0 Å². The molecule has 3 aromatic rings.